The number of piperazine rings is 1. The van der Waals surface area contributed by atoms with Gasteiger partial charge >= 0.3 is 0 Å². The fourth-order valence-electron chi connectivity index (χ4n) is 2.97. The summed E-state index contributed by atoms with van der Waals surface area (Å²) in [6, 6.07) is 10.0. The molecule has 1 aromatic heterocycles. The molecule has 1 aliphatic rings. The fraction of sp³-hybridized carbons (Fsp3) is 0.471. The number of rotatable bonds is 6. The minimum absolute atomic E-state index is 0.143. The molecule has 1 aromatic carbocycles. The number of fused-ring (bicyclic) bond motifs is 1. The largest absolute Gasteiger partial charge is 0.385 e. The Morgan fingerprint density at radius 1 is 1.16 bits per heavy atom. The molecule has 0 spiro atoms. The van der Waals surface area contributed by atoms with E-state index in [2.05, 4.69) is 26.9 Å². The maximum absolute atomic E-state index is 12.3. The first kappa shape index (κ1) is 18.6. The first-order valence-corrected chi connectivity index (χ1v) is 10.7. The second-order valence-corrected chi connectivity index (χ2v) is 9.06. The van der Waals surface area contributed by atoms with Crippen molar-refractivity contribution < 1.29 is 13.2 Å². The highest BCUT2D eigenvalue weighted by Gasteiger charge is 2.27. The molecule has 1 saturated heterocycles. The molecule has 0 aliphatic carbocycles. The van der Waals surface area contributed by atoms with Crippen molar-refractivity contribution in [2.24, 2.45) is 0 Å². The molecular weight excluding hydrogens is 406 g/mol. The van der Waals surface area contributed by atoms with Gasteiger partial charge in [-0.1, -0.05) is 15.9 Å². The number of nitrogens with zero attached hydrogens (tertiary/aromatic N) is 3. The van der Waals surface area contributed by atoms with Crippen molar-refractivity contribution in [3.63, 3.8) is 0 Å². The molecule has 0 amide bonds. The van der Waals surface area contributed by atoms with E-state index in [9.17, 15) is 8.42 Å². The summed E-state index contributed by atoms with van der Waals surface area (Å²) < 4.78 is 32.2. The highest BCUT2D eigenvalue weighted by Crippen LogP contribution is 2.23. The third kappa shape index (κ3) is 4.49. The summed E-state index contributed by atoms with van der Waals surface area (Å²) in [5.41, 5.74) is 0.940. The number of halogens is 1. The molecule has 8 heteroatoms. The van der Waals surface area contributed by atoms with Crippen LogP contribution in [-0.4, -0.2) is 63.4 Å². The number of hydrogen-bond acceptors (Lipinski definition) is 5. The summed E-state index contributed by atoms with van der Waals surface area (Å²) in [5, 5.41) is 1.08. The second-order valence-electron chi connectivity index (χ2n) is 6.05. The van der Waals surface area contributed by atoms with Gasteiger partial charge in [0.2, 0.25) is 10.0 Å². The summed E-state index contributed by atoms with van der Waals surface area (Å²) in [5.74, 6) is 1.04. The monoisotopic (exact) mass is 427 g/mol. The quantitative estimate of drug-likeness (QED) is 0.662. The van der Waals surface area contributed by atoms with Crippen LogP contribution in [0.3, 0.4) is 0 Å². The van der Waals surface area contributed by atoms with E-state index in [1.165, 1.54) is 0 Å². The summed E-state index contributed by atoms with van der Waals surface area (Å²) >= 11 is 3.47. The van der Waals surface area contributed by atoms with E-state index in [1.54, 1.807) is 11.4 Å². The molecular formula is C17H22BrN3O3S. The Hall–Kier alpha value is -1.22. The molecule has 1 aliphatic heterocycles. The van der Waals surface area contributed by atoms with E-state index in [-0.39, 0.29) is 5.75 Å². The highest BCUT2D eigenvalue weighted by atomic mass is 79.9. The SMILES string of the molecule is COCCCS(=O)(=O)N1CCN(c2ccc3cc(Br)ccc3n2)CC1. The minimum atomic E-state index is -3.20. The number of anilines is 1. The Bertz CT molecular complexity index is 836. The van der Waals surface area contributed by atoms with Gasteiger partial charge in [-0.2, -0.15) is 4.31 Å². The number of aromatic nitrogens is 1. The lowest BCUT2D eigenvalue weighted by Gasteiger charge is -2.34. The van der Waals surface area contributed by atoms with Gasteiger partial charge in [-0.3, -0.25) is 0 Å². The number of sulfonamides is 1. The molecule has 0 saturated carbocycles. The van der Waals surface area contributed by atoms with E-state index >= 15 is 0 Å². The Morgan fingerprint density at radius 3 is 2.64 bits per heavy atom. The van der Waals surface area contributed by atoms with Crippen molar-refractivity contribution in [2.45, 2.75) is 6.42 Å². The lowest BCUT2D eigenvalue weighted by atomic mass is 10.2. The maximum Gasteiger partial charge on any atom is 0.214 e. The van der Waals surface area contributed by atoms with Crippen LogP contribution in [0.2, 0.25) is 0 Å². The van der Waals surface area contributed by atoms with Crippen LogP contribution in [0.25, 0.3) is 10.9 Å². The van der Waals surface area contributed by atoms with Crippen molar-refractivity contribution in [1.82, 2.24) is 9.29 Å². The zero-order chi connectivity index (χ0) is 17.9. The van der Waals surface area contributed by atoms with Gasteiger partial charge in [-0.05, 0) is 36.8 Å². The maximum atomic E-state index is 12.3. The Kier molecular flexibility index (Phi) is 5.93. The third-order valence-corrected chi connectivity index (χ3v) is 6.79. The Morgan fingerprint density at radius 2 is 1.92 bits per heavy atom. The van der Waals surface area contributed by atoms with Gasteiger partial charge in [0.05, 0.1) is 11.3 Å². The molecule has 136 valence electrons. The van der Waals surface area contributed by atoms with E-state index in [0.29, 0.717) is 39.2 Å². The molecule has 6 nitrogen and oxygen atoms in total. The molecule has 0 atom stereocenters. The summed E-state index contributed by atoms with van der Waals surface area (Å²) in [6.07, 6.45) is 0.529. The topological polar surface area (TPSA) is 62.7 Å². The molecule has 0 N–H and O–H groups in total. The predicted octanol–water partition coefficient (Wildman–Crippen LogP) is 2.49. The van der Waals surface area contributed by atoms with E-state index in [4.69, 9.17) is 9.72 Å². The Balaban J connectivity index is 1.65. The Labute approximate surface area is 157 Å². The first-order chi connectivity index (χ1) is 12.0. The molecule has 3 rings (SSSR count). The van der Waals surface area contributed by atoms with E-state index in [1.807, 2.05) is 24.3 Å². The molecule has 0 radical (unpaired) electrons. The zero-order valence-electron chi connectivity index (χ0n) is 14.2. The number of pyridine rings is 1. The smallest absolute Gasteiger partial charge is 0.214 e. The first-order valence-electron chi connectivity index (χ1n) is 8.27. The number of ether oxygens (including phenoxy) is 1. The standard InChI is InChI=1S/C17H22BrN3O3S/c1-24-11-2-12-25(22,23)21-9-7-20(8-10-21)17-6-3-14-13-15(18)4-5-16(14)19-17/h3-6,13H,2,7-12H2,1H3. The third-order valence-electron chi connectivity index (χ3n) is 4.34. The summed E-state index contributed by atoms with van der Waals surface area (Å²) in [6.45, 7) is 2.76. The number of methoxy groups -OCH3 is 1. The van der Waals surface area contributed by atoms with Crippen LogP contribution in [0.1, 0.15) is 6.42 Å². The van der Waals surface area contributed by atoms with Crippen LogP contribution in [-0.2, 0) is 14.8 Å². The average molecular weight is 428 g/mol. The average Bonchev–Trinajstić information content (AvgIpc) is 2.61. The van der Waals surface area contributed by atoms with Crippen molar-refractivity contribution in [2.75, 3.05) is 50.5 Å². The lowest BCUT2D eigenvalue weighted by Crippen LogP contribution is -2.49. The van der Waals surface area contributed by atoms with Crippen LogP contribution in [0, 0.1) is 0 Å². The van der Waals surface area contributed by atoms with Gasteiger partial charge in [0.1, 0.15) is 5.82 Å². The normalized spacial score (nSPS) is 16.5. The minimum Gasteiger partial charge on any atom is -0.385 e. The fourth-order valence-corrected chi connectivity index (χ4v) is 4.81. The number of hydrogen-bond donors (Lipinski definition) is 0. The van der Waals surface area contributed by atoms with Gasteiger partial charge in [0.25, 0.3) is 0 Å². The van der Waals surface area contributed by atoms with E-state index < -0.39 is 10.0 Å². The molecule has 0 bridgehead atoms. The molecule has 0 unspecified atom stereocenters. The number of benzene rings is 1. The lowest BCUT2D eigenvalue weighted by molar-refractivity contribution is 0.199. The van der Waals surface area contributed by atoms with Crippen molar-refractivity contribution in [3.05, 3.63) is 34.8 Å². The van der Waals surface area contributed by atoms with E-state index in [0.717, 1.165) is 21.2 Å². The summed E-state index contributed by atoms with van der Waals surface area (Å²) in [4.78, 5) is 6.85. The van der Waals surface area contributed by atoms with Gasteiger partial charge < -0.3 is 9.64 Å². The molecule has 2 heterocycles. The summed E-state index contributed by atoms with van der Waals surface area (Å²) in [7, 11) is -1.62. The van der Waals surface area contributed by atoms with Gasteiger partial charge in [0, 0.05) is 49.8 Å². The van der Waals surface area contributed by atoms with Crippen LogP contribution in [0.5, 0.6) is 0 Å². The molecule has 1 fully saturated rings. The second kappa shape index (κ2) is 7.99. The van der Waals surface area contributed by atoms with Gasteiger partial charge in [-0.25, -0.2) is 13.4 Å². The van der Waals surface area contributed by atoms with Gasteiger partial charge in [-0.15, -0.1) is 0 Å². The van der Waals surface area contributed by atoms with Crippen molar-refractivity contribution in [3.8, 4) is 0 Å². The molecule has 2 aromatic rings. The zero-order valence-corrected chi connectivity index (χ0v) is 16.6. The van der Waals surface area contributed by atoms with Gasteiger partial charge in [0.15, 0.2) is 0 Å². The molecule has 25 heavy (non-hydrogen) atoms. The predicted molar refractivity (Wildman–Crippen MR) is 104 cm³/mol. The highest BCUT2D eigenvalue weighted by molar-refractivity contribution is 9.10. The van der Waals surface area contributed by atoms with Crippen LogP contribution in [0.15, 0.2) is 34.8 Å². The van der Waals surface area contributed by atoms with Crippen molar-refractivity contribution in [1.29, 1.82) is 0 Å². The van der Waals surface area contributed by atoms with Crippen LogP contribution >= 0.6 is 15.9 Å². The van der Waals surface area contributed by atoms with Crippen LogP contribution < -0.4 is 4.90 Å². The van der Waals surface area contributed by atoms with Crippen LogP contribution in [0.4, 0.5) is 5.82 Å². The van der Waals surface area contributed by atoms with Crippen molar-refractivity contribution >= 4 is 42.7 Å².